The fourth-order valence-corrected chi connectivity index (χ4v) is 3.40. The second-order valence-corrected chi connectivity index (χ2v) is 6.67. The predicted octanol–water partition coefficient (Wildman–Crippen LogP) is 4.63. The van der Waals surface area contributed by atoms with Gasteiger partial charge in [0.15, 0.2) is 0 Å². The summed E-state index contributed by atoms with van der Waals surface area (Å²) >= 11 is 5.52. The predicted molar refractivity (Wildman–Crippen MR) is 103 cm³/mol. The molecule has 1 aliphatic rings. The molecule has 25 heavy (non-hydrogen) atoms. The topological polar surface area (TPSA) is 36.3 Å². The molecule has 0 aliphatic carbocycles. The van der Waals surface area contributed by atoms with Gasteiger partial charge < -0.3 is 9.64 Å². The molecule has 0 amide bonds. The molecule has 2 aromatic rings. The molecule has 0 radical (unpaired) electrons. The number of likely N-dealkylation sites (tertiary alicyclic amines) is 1. The third-order valence-electron chi connectivity index (χ3n) is 4.56. The standard InChI is InChI=1S/C21H22N2OS/c22-16-18-8-11-19(12-9-18)20(13-10-17-6-2-1-3-7-17)24-21(25)23-14-4-5-15-23/h1-3,6-9,11-12,20H,4-5,10,13-15H2. The fourth-order valence-electron chi connectivity index (χ4n) is 3.10. The Morgan fingerprint density at radius 3 is 2.40 bits per heavy atom. The van der Waals surface area contributed by atoms with Gasteiger partial charge in [-0.2, -0.15) is 5.26 Å². The van der Waals surface area contributed by atoms with Crippen LogP contribution in [0, 0.1) is 11.3 Å². The van der Waals surface area contributed by atoms with Gasteiger partial charge in [-0.05, 0) is 61.2 Å². The van der Waals surface area contributed by atoms with E-state index in [1.807, 2.05) is 30.3 Å². The summed E-state index contributed by atoms with van der Waals surface area (Å²) in [4.78, 5) is 2.15. The first kappa shape index (κ1) is 17.4. The van der Waals surface area contributed by atoms with Crippen LogP contribution in [0.25, 0.3) is 0 Å². The Balaban J connectivity index is 1.72. The molecule has 1 saturated heterocycles. The van der Waals surface area contributed by atoms with Crippen LogP contribution in [0.5, 0.6) is 0 Å². The average molecular weight is 350 g/mol. The molecule has 0 bridgehead atoms. The van der Waals surface area contributed by atoms with Crippen molar-refractivity contribution < 1.29 is 4.74 Å². The second-order valence-electron chi connectivity index (χ2n) is 6.32. The van der Waals surface area contributed by atoms with Gasteiger partial charge in [-0.1, -0.05) is 42.5 Å². The van der Waals surface area contributed by atoms with Crippen molar-refractivity contribution in [2.24, 2.45) is 0 Å². The molecule has 3 nitrogen and oxygen atoms in total. The van der Waals surface area contributed by atoms with Crippen LogP contribution < -0.4 is 0 Å². The average Bonchev–Trinajstić information content (AvgIpc) is 3.21. The highest BCUT2D eigenvalue weighted by molar-refractivity contribution is 7.80. The molecule has 3 rings (SSSR count). The van der Waals surface area contributed by atoms with Gasteiger partial charge in [0, 0.05) is 13.1 Å². The van der Waals surface area contributed by atoms with E-state index < -0.39 is 0 Å². The minimum Gasteiger partial charge on any atom is -0.463 e. The van der Waals surface area contributed by atoms with E-state index in [9.17, 15) is 0 Å². The number of rotatable bonds is 5. The molecule has 0 spiro atoms. The van der Waals surface area contributed by atoms with E-state index in [-0.39, 0.29) is 6.10 Å². The van der Waals surface area contributed by atoms with Gasteiger partial charge in [-0.3, -0.25) is 0 Å². The maximum absolute atomic E-state index is 9.00. The van der Waals surface area contributed by atoms with Crippen LogP contribution in [0.15, 0.2) is 54.6 Å². The zero-order valence-electron chi connectivity index (χ0n) is 14.2. The first-order valence-corrected chi connectivity index (χ1v) is 9.16. The highest BCUT2D eigenvalue weighted by atomic mass is 32.1. The van der Waals surface area contributed by atoms with Crippen molar-refractivity contribution in [2.75, 3.05) is 13.1 Å². The summed E-state index contributed by atoms with van der Waals surface area (Å²) in [6.45, 7) is 1.97. The summed E-state index contributed by atoms with van der Waals surface area (Å²) in [6, 6.07) is 20.2. The number of ether oxygens (including phenoxy) is 1. The Bertz CT molecular complexity index is 731. The lowest BCUT2D eigenvalue weighted by molar-refractivity contribution is 0.156. The minimum absolute atomic E-state index is 0.0963. The summed E-state index contributed by atoms with van der Waals surface area (Å²) in [5.74, 6) is 0. The van der Waals surface area contributed by atoms with Crippen molar-refractivity contribution in [1.82, 2.24) is 4.90 Å². The first-order chi connectivity index (χ1) is 12.3. The van der Waals surface area contributed by atoms with E-state index in [0.29, 0.717) is 10.7 Å². The van der Waals surface area contributed by atoms with Gasteiger partial charge in [-0.25, -0.2) is 0 Å². The summed E-state index contributed by atoms with van der Waals surface area (Å²) in [5.41, 5.74) is 3.01. The monoisotopic (exact) mass is 350 g/mol. The quantitative estimate of drug-likeness (QED) is 0.737. The van der Waals surface area contributed by atoms with E-state index in [1.54, 1.807) is 0 Å². The Hall–Kier alpha value is -2.38. The lowest BCUT2D eigenvalue weighted by Gasteiger charge is -2.25. The molecule has 4 heteroatoms. The largest absolute Gasteiger partial charge is 0.463 e. The van der Waals surface area contributed by atoms with Gasteiger partial charge in [0.2, 0.25) is 0 Å². The summed E-state index contributed by atoms with van der Waals surface area (Å²) in [7, 11) is 0. The van der Waals surface area contributed by atoms with Crippen LogP contribution in [-0.4, -0.2) is 23.2 Å². The van der Waals surface area contributed by atoms with Gasteiger partial charge >= 0.3 is 0 Å². The summed E-state index contributed by atoms with van der Waals surface area (Å²) in [6.07, 6.45) is 4.03. The van der Waals surface area contributed by atoms with Crippen molar-refractivity contribution >= 4 is 17.4 Å². The van der Waals surface area contributed by atoms with E-state index in [0.717, 1.165) is 31.5 Å². The lowest BCUT2D eigenvalue weighted by atomic mass is 10.0. The van der Waals surface area contributed by atoms with Crippen LogP contribution in [-0.2, 0) is 11.2 Å². The number of thiocarbonyl (C=S) groups is 1. The number of nitrogens with zero attached hydrogens (tertiary/aromatic N) is 2. The Kier molecular flexibility index (Phi) is 6.03. The van der Waals surface area contributed by atoms with E-state index in [4.69, 9.17) is 22.2 Å². The Morgan fingerprint density at radius 1 is 1.08 bits per heavy atom. The molecule has 1 fully saturated rings. The number of benzene rings is 2. The summed E-state index contributed by atoms with van der Waals surface area (Å²) in [5, 5.41) is 9.60. The van der Waals surface area contributed by atoms with E-state index in [2.05, 4.69) is 35.2 Å². The molecular formula is C21H22N2OS. The van der Waals surface area contributed by atoms with Crippen molar-refractivity contribution in [2.45, 2.75) is 31.8 Å². The lowest BCUT2D eigenvalue weighted by Crippen LogP contribution is -2.29. The van der Waals surface area contributed by atoms with E-state index in [1.165, 1.54) is 18.4 Å². The normalized spacial score (nSPS) is 14.8. The van der Waals surface area contributed by atoms with Crippen molar-refractivity contribution in [3.8, 4) is 6.07 Å². The van der Waals surface area contributed by atoms with Gasteiger partial charge in [-0.15, -0.1) is 0 Å². The third kappa shape index (κ3) is 4.80. The van der Waals surface area contributed by atoms with Crippen LogP contribution in [0.1, 0.15) is 42.1 Å². The SMILES string of the molecule is N#Cc1ccc(C(CCc2ccccc2)OC(=S)N2CCCC2)cc1. The van der Waals surface area contributed by atoms with Crippen LogP contribution >= 0.6 is 12.2 Å². The second kappa shape index (κ2) is 8.64. The van der Waals surface area contributed by atoms with Crippen LogP contribution in [0.3, 0.4) is 0 Å². The molecule has 1 atom stereocenters. The fraction of sp³-hybridized carbons (Fsp3) is 0.333. The molecule has 2 aromatic carbocycles. The number of aryl methyl sites for hydroxylation is 1. The Morgan fingerprint density at radius 2 is 1.76 bits per heavy atom. The number of hydrogen-bond acceptors (Lipinski definition) is 3. The smallest absolute Gasteiger partial charge is 0.259 e. The highest BCUT2D eigenvalue weighted by Gasteiger charge is 2.21. The molecule has 0 aromatic heterocycles. The Labute approximate surface area is 154 Å². The highest BCUT2D eigenvalue weighted by Crippen LogP contribution is 2.26. The molecule has 0 N–H and O–H groups in total. The van der Waals surface area contributed by atoms with Gasteiger partial charge in [0.05, 0.1) is 11.6 Å². The van der Waals surface area contributed by atoms with Crippen molar-refractivity contribution in [3.05, 3.63) is 71.3 Å². The summed E-state index contributed by atoms with van der Waals surface area (Å²) < 4.78 is 6.19. The zero-order chi connectivity index (χ0) is 17.5. The molecule has 128 valence electrons. The van der Waals surface area contributed by atoms with Crippen molar-refractivity contribution in [1.29, 1.82) is 5.26 Å². The number of nitriles is 1. The molecule has 0 saturated carbocycles. The van der Waals surface area contributed by atoms with Crippen LogP contribution in [0.4, 0.5) is 0 Å². The minimum atomic E-state index is -0.0963. The molecular weight excluding hydrogens is 328 g/mol. The van der Waals surface area contributed by atoms with E-state index >= 15 is 0 Å². The first-order valence-electron chi connectivity index (χ1n) is 8.76. The maximum Gasteiger partial charge on any atom is 0.259 e. The van der Waals surface area contributed by atoms with Gasteiger partial charge in [0.25, 0.3) is 5.17 Å². The zero-order valence-corrected chi connectivity index (χ0v) is 15.0. The third-order valence-corrected chi connectivity index (χ3v) is 4.91. The van der Waals surface area contributed by atoms with Crippen molar-refractivity contribution in [3.63, 3.8) is 0 Å². The maximum atomic E-state index is 9.00. The molecule has 1 aliphatic heterocycles. The van der Waals surface area contributed by atoms with Gasteiger partial charge in [0.1, 0.15) is 6.10 Å². The molecule has 1 unspecified atom stereocenters. The number of hydrogen-bond donors (Lipinski definition) is 0. The molecule has 1 heterocycles. The van der Waals surface area contributed by atoms with Crippen LogP contribution in [0.2, 0.25) is 0 Å².